The Hall–Kier alpha value is -3.22. The molecule has 0 saturated heterocycles. The Bertz CT molecular complexity index is 1210. The second-order valence-electron chi connectivity index (χ2n) is 11.0. The number of allylic oxidation sites excluding steroid dienone is 9. The van der Waals surface area contributed by atoms with Crippen molar-refractivity contribution < 1.29 is 49.1 Å². The molecule has 0 heterocycles. The maximum absolute atomic E-state index is 12.6. The molecule has 11 nitrogen and oxygen atoms in total. The van der Waals surface area contributed by atoms with E-state index in [0.717, 1.165) is 5.57 Å². The Morgan fingerprint density at radius 2 is 1.67 bits per heavy atom. The monoisotopic (exact) mass is 685 g/mol. The van der Waals surface area contributed by atoms with Crippen molar-refractivity contribution in [2.24, 2.45) is 17.6 Å². The minimum atomic E-state index is -1.87. The van der Waals surface area contributed by atoms with Gasteiger partial charge < -0.3 is 35.6 Å². The molecule has 0 radical (unpaired) electrons. The molecule has 8 atom stereocenters. The number of ketones is 1. The van der Waals surface area contributed by atoms with Crippen molar-refractivity contribution in [1.29, 1.82) is 0 Å². The minimum absolute atomic E-state index is 0.154. The number of aliphatic hydroxyl groups is 3. The molecule has 0 bridgehead atoms. The average Bonchev–Trinajstić information content (AvgIpc) is 3.01. The number of hydrogen-bond acceptors (Lipinski definition) is 9. The van der Waals surface area contributed by atoms with Crippen LogP contribution in [0.2, 0.25) is 0 Å². The van der Waals surface area contributed by atoms with E-state index in [1.54, 1.807) is 36.5 Å². The van der Waals surface area contributed by atoms with Crippen molar-refractivity contribution in [3.63, 3.8) is 0 Å². The smallest absolute Gasteiger partial charge is 0.405 e. The third-order valence-corrected chi connectivity index (χ3v) is 8.20. The molecular formula is C33H45Cl2NO10. The number of primary amides is 1. The van der Waals surface area contributed by atoms with Gasteiger partial charge in [0.2, 0.25) is 0 Å². The van der Waals surface area contributed by atoms with Gasteiger partial charge in [0.15, 0.2) is 5.78 Å². The summed E-state index contributed by atoms with van der Waals surface area (Å²) >= 11 is 12.5. The fourth-order valence-electron chi connectivity index (χ4n) is 4.48. The highest BCUT2D eigenvalue weighted by Gasteiger charge is 2.35. The van der Waals surface area contributed by atoms with Gasteiger partial charge in [-0.3, -0.25) is 9.59 Å². The molecule has 0 spiro atoms. The first-order valence-corrected chi connectivity index (χ1v) is 15.8. The molecule has 0 aromatic heterocycles. The van der Waals surface area contributed by atoms with Crippen LogP contribution in [0.3, 0.4) is 0 Å². The van der Waals surface area contributed by atoms with Crippen molar-refractivity contribution in [3.8, 4) is 0 Å². The number of carboxylic acid groups (broad SMARTS) is 1. The summed E-state index contributed by atoms with van der Waals surface area (Å²) < 4.78 is 10.2. The fourth-order valence-corrected chi connectivity index (χ4v) is 4.91. The molecule has 1 aliphatic rings. The number of alkyl halides is 1. The average molecular weight is 687 g/mol. The number of aliphatic carboxylic acids is 1. The second kappa shape index (κ2) is 21.6. The topological polar surface area (TPSA) is 194 Å². The molecule has 6 N–H and O–H groups in total. The van der Waals surface area contributed by atoms with Crippen molar-refractivity contribution in [2.75, 3.05) is 0 Å². The maximum atomic E-state index is 12.6. The molecule has 0 aromatic rings. The van der Waals surface area contributed by atoms with E-state index in [-0.39, 0.29) is 5.03 Å². The van der Waals surface area contributed by atoms with Gasteiger partial charge in [-0.1, -0.05) is 73.6 Å². The highest BCUT2D eigenvalue weighted by Crippen LogP contribution is 2.27. The standard InChI is InChI=1S/C33H45Cl2NO10/c1-4-5-16-27(46-33(36)44)29(35)25(37)19-26(38)31(41)30(40)21(3)24(34)15-8-6-11-20(2)12-7-9-17-28(39)45-23-14-10-13-22(18-23)32(42)43/h5-9,11-12,15-17,21-23,25,27,29-31,37,40-41H,4,10,13-14,18-19H2,1-3H3,(H2,36,44)(H,42,43)/b8-6+,12-7+,16-5+,17-9+,20-11+,24-15-/t21-,22?,23+,25-,27-,29+,30-,31-/m1/s1. The van der Waals surface area contributed by atoms with Gasteiger partial charge in [0, 0.05) is 23.4 Å². The van der Waals surface area contributed by atoms with Gasteiger partial charge in [0.25, 0.3) is 0 Å². The summed E-state index contributed by atoms with van der Waals surface area (Å²) in [6.45, 7) is 5.16. The van der Waals surface area contributed by atoms with E-state index in [4.69, 9.17) is 43.5 Å². The van der Waals surface area contributed by atoms with Crippen LogP contribution in [-0.4, -0.2) is 80.1 Å². The van der Waals surface area contributed by atoms with Crippen LogP contribution in [0, 0.1) is 11.8 Å². The Balaban J connectivity index is 2.63. The number of carbonyl (C=O) groups excluding carboxylic acids is 3. The number of hydrogen-bond donors (Lipinski definition) is 5. The van der Waals surface area contributed by atoms with E-state index in [1.807, 2.05) is 13.8 Å². The van der Waals surface area contributed by atoms with Gasteiger partial charge in [-0.15, -0.1) is 11.6 Å². The van der Waals surface area contributed by atoms with Crippen molar-refractivity contribution in [3.05, 3.63) is 71.4 Å². The molecule has 46 heavy (non-hydrogen) atoms. The van der Waals surface area contributed by atoms with E-state index in [1.165, 1.54) is 31.2 Å². The van der Waals surface area contributed by atoms with Crippen LogP contribution in [0.1, 0.15) is 59.3 Å². The predicted octanol–water partition coefficient (Wildman–Crippen LogP) is 4.63. The molecule has 0 aromatic carbocycles. The summed E-state index contributed by atoms with van der Waals surface area (Å²) in [7, 11) is 0. The summed E-state index contributed by atoms with van der Waals surface area (Å²) in [5, 5.41) is 39.4. The van der Waals surface area contributed by atoms with Gasteiger partial charge in [-0.2, -0.15) is 0 Å². The lowest BCUT2D eigenvalue weighted by atomic mass is 9.87. The van der Waals surface area contributed by atoms with Crippen LogP contribution in [0.5, 0.6) is 0 Å². The van der Waals surface area contributed by atoms with Crippen LogP contribution in [0.25, 0.3) is 0 Å². The number of carboxylic acids is 1. The lowest BCUT2D eigenvalue weighted by molar-refractivity contribution is -0.151. The lowest BCUT2D eigenvalue weighted by Gasteiger charge is -2.26. The SMILES string of the molecule is CC/C=C/[C@@H](OC(N)=O)[C@@H](Cl)[C@H](O)CC(=O)[C@@H](O)[C@H](O)[C@H](C)/C(Cl)=C/C=C/C=C(C)/C=C/C=C/C(=O)O[C@H]1CCCC(C(=O)O)C1. The normalized spacial score (nSPS) is 22.1. The molecular weight excluding hydrogens is 641 g/mol. The first-order chi connectivity index (χ1) is 21.7. The highest BCUT2D eigenvalue weighted by atomic mass is 35.5. The van der Waals surface area contributed by atoms with Crippen molar-refractivity contribution in [2.45, 2.75) is 95.2 Å². The summed E-state index contributed by atoms with van der Waals surface area (Å²) in [5.41, 5.74) is 5.87. The van der Waals surface area contributed by atoms with Gasteiger partial charge in [0.05, 0.1) is 18.1 Å². The largest absolute Gasteiger partial charge is 0.481 e. The first kappa shape index (κ1) is 40.8. The van der Waals surface area contributed by atoms with E-state index in [9.17, 15) is 34.5 Å². The minimum Gasteiger partial charge on any atom is -0.481 e. The maximum Gasteiger partial charge on any atom is 0.405 e. The van der Waals surface area contributed by atoms with Gasteiger partial charge in [0.1, 0.15) is 23.7 Å². The summed E-state index contributed by atoms with van der Waals surface area (Å²) in [5.74, 6) is -3.62. The van der Waals surface area contributed by atoms with Gasteiger partial charge in [-0.25, -0.2) is 9.59 Å². The number of esters is 1. The Morgan fingerprint density at radius 1 is 1.02 bits per heavy atom. The van der Waals surface area contributed by atoms with Gasteiger partial charge in [-0.05, 0) is 51.2 Å². The Kier molecular flexibility index (Phi) is 19.1. The molecule has 1 unspecified atom stereocenters. The number of Topliss-reactive ketones (excluding diaryl/α,β-unsaturated/α-hetero) is 1. The van der Waals surface area contributed by atoms with Gasteiger partial charge >= 0.3 is 18.0 Å². The number of nitrogens with two attached hydrogens (primary N) is 1. The van der Waals surface area contributed by atoms with Crippen LogP contribution < -0.4 is 5.73 Å². The molecule has 1 aliphatic carbocycles. The quantitative estimate of drug-likeness (QED) is 0.0446. The number of rotatable bonds is 18. The molecule has 1 rings (SSSR count). The lowest BCUT2D eigenvalue weighted by Crippen LogP contribution is -2.43. The molecule has 1 amide bonds. The van der Waals surface area contributed by atoms with E-state index in [0.29, 0.717) is 32.1 Å². The van der Waals surface area contributed by atoms with Crippen LogP contribution in [0.15, 0.2) is 71.4 Å². The van der Waals surface area contributed by atoms with Crippen LogP contribution in [0.4, 0.5) is 4.79 Å². The summed E-state index contributed by atoms with van der Waals surface area (Å²) in [6, 6.07) is 0. The van der Waals surface area contributed by atoms with E-state index >= 15 is 0 Å². The van der Waals surface area contributed by atoms with Crippen molar-refractivity contribution >= 4 is 47.0 Å². The number of aliphatic hydroxyl groups excluding tert-OH is 3. The third-order valence-electron chi connectivity index (χ3n) is 7.19. The predicted molar refractivity (Wildman–Crippen MR) is 175 cm³/mol. The zero-order valence-electron chi connectivity index (χ0n) is 26.2. The molecule has 1 fully saturated rings. The number of amides is 1. The highest BCUT2D eigenvalue weighted by molar-refractivity contribution is 6.30. The van der Waals surface area contributed by atoms with Crippen LogP contribution in [-0.2, 0) is 23.9 Å². The summed E-state index contributed by atoms with van der Waals surface area (Å²) in [4.78, 5) is 46.9. The Labute approximate surface area is 279 Å². The first-order valence-electron chi connectivity index (χ1n) is 15.0. The molecule has 0 aliphatic heterocycles. The zero-order valence-corrected chi connectivity index (χ0v) is 27.7. The molecule has 256 valence electrons. The Morgan fingerprint density at radius 3 is 2.30 bits per heavy atom. The number of ether oxygens (including phenoxy) is 2. The summed E-state index contributed by atoms with van der Waals surface area (Å²) in [6.07, 6.45) is 10.4. The second-order valence-corrected chi connectivity index (χ2v) is 11.9. The third kappa shape index (κ3) is 15.4. The molecule has 13 heteroatoms. The molecule has 1 saturated carbocycles. The fraction of sp³-hybridized carbons (Fsp3) is 0.515. The van der Waals surface area contributed by atoms with E-state index < -0.39 is 78.0 Å². The van der Waals surface area contributed by atoms with Crippen molar-refractivity contribution in [1.82, 2.24) is 0 Å². The number of carbonyl (C=O) groups is 4. The van der Waals surface area contributed by atoms with Crippen LogP contribution >= 0.6 is 23.2 Å². The number of halogens is 2. The zero-order chi connectivity index (χ0) is 34.8. The van der Waals surface area contributed by atoms with E-state index in [2.05, 4.69) is 0 Å².